The molecule has 1 fully saturated rings. The quantitative estimate of drug-likeness (QED) is 0.936. The first-order valence-corrected chi connectivity index (χ1v) is 6.90. The van der Waals surface area contributed by atoms with Crippen molar-refractivity contribution in [3.63, 3.8) is 0 Å². The molecule has 0 radical (unpaired) electrons. The fourth-order valence-electron chi connectivity index (χ4n) is 2.63. The maximum absolute atomic E-state index is 14.1. The second-order valence-electron chi connectivity index (χ2n) is 5.16. The van der Waals surface area contributed by atoms with E-state index in [0.29, 0.717) is 18.0 Å². The molecule has 0 aliphatic carbocycles. The van der Waals surface area contributed by atoms with Crippen molar-refractivity contribution < 1.29 is 13.9 Å². The van der Waals surface area contributed by atoms with Crippen molar-refractivity contribution >= 4 is 0 Å². The monoisotopic (exact) mass is 291 g/mol. The van der Waals surface area contributed by atoms with Gasteiger partial charge in [-0.15, -0.1) is 0 Å². The van der Waals surface area contributed by atoms with E-state index >= 15 is 0 Å². The van der Waals surface area contributed by atoms with Crippen LogP contribution in [0.3, 0.4) is 0 Å². The summed E-state index contributed by atoms with van der Waals surface area (Å²) in [4.78, 5) is 4.12. The first-order valence-electron chi connectivity index (χ1n) is 6.90. The number of imidazole rings is 1. The summed E-state index contributed by atoms with van der Waals surface area (Å²) in [6, 6.07) is 4.36. The fourth-order valence-corrected chi connectivity index (χ4v) is 2.63. The van der Waals surface area contributed by atoms with Gasteiger partial charge < -0.3 is 15.2 Å². The molecular weight excluding hydrogens is 273 g/mol. The van der Waals surface area contributed by atoms with Crippen LogP contribution in [0.4, 0.5) is 4.39 Å². The van der Waals surface area contributed by atoms with E-state index in [0.717, 1.165) is 18.7 Å². The Labute approximate surface area is 122 Å². The minimum atomic E-state index is -0.343. The molecule has 2 unspecified atom stereocenters. The van der Waals surface area contributed by atoms with Crippen molar-refractivity contribution in [2.75, 3.05) is 20.3 Å². The van der Waals surface area contributed by atoms with Crippen molar-refractivity contribution in [3.8, 4) is 11.4 Å². The number of nitrogens with zero attached hydrogens (tertiary/aromatic N) is 2. The summed E-state index contributed by atoms with van der Waals surface area (Å²) < 4.78 is 26.3. The van der Waals surface area contributed by atoms with E-state index in [1.807, 2.05) is 0 Å². The number of methoxy groups -OCH3 is 1. The van der Waals surface area contributed by atoms with Gasteiger partial charge in [0, 0.05) is 18.6 Å². The molecule has 0 amide bonds. The van der Waals surface area contributed by atoms with E-state index < -0.39 is 0 Å². The topological polar surface area (TPSA) is 62.3 Å². The normalized spacial score (nSPS) is 19.7. The van der Waals surface area contributed by atoms with Gasteiger partial charge in [-0.25, -0.2) is 9.37 Å². The Kier molecular flexibility index (Phi) is 3.90. The van der Waals surface area contributed by atoms with Gasteiger partial charge in [0.15, 0.2) is 0 Å². The van der Waals surface area contributed by atoms with Crippen molar-refractivity contribution in [3.05, 3.63) is 42.2 Å². The van der Waals surface area contributed by atoms with Crippen LogP contribution in [0.5, 0.6) is 5.75 Å². The molecule has 0 bridgehead atoms. The molecule has 21 heavy (non-hydrogen) atoms. The molecule has 1 aromatic carbocycles. The van der Waals surface area contributed by atoms with E-state index in [4.69, 9.17) is 15.2 Å². The van der Waals surface area contributed by atoms with Gasteiger partial charge >= 0.3 is 0 Å². The van der Waals surface area contributed by atoms with Crippen LogP contribution in [-0.4, -0.2) is 29.9 Å². The highest BCUT2D eigenvalue weighted by atomic mass is 19.1. The average molecular weight is 291 g/mol. The predicted octanol–water partition coefficient (Wildman–Crippen LogP) is 2.06. The van der Waals surface area contributed by atoms with E-state index in [1.165, 1.54) is 6.07 Å². The molecule has 2 aromatic rings. The van der Waals surface area contributed by atoms with Crippen molar-refractivity contribution in [2.24, 2.45) is 11.7 Å². The first kappa shape index (κ1) is 14.0. The molecule has 1 aliphatic heterocycles. The lowest BCUT2D eigenvalue weighted by Gasteiger charge is -2.20. The maximum atomic E-state index is 14.1. The van der Waals surface area contributed by atoms with Crippen molar-refractivity contribution in [1.29, 1.82) is 0 Å². The van der Waals surface area contributed by atoms with Crippen LogP contribution in [0.15, 0.2) is 30.7 Å². The summed E-state index contributed by atoms with van der Waals surface area (Å²) in [7, 11) is 1.55. The molecule has 2 atom stereocenters. The highest BCUT2D eigenvalue weighted by Crippen LogP contribution is 2.29. The molecule has 0 saturated carbocycles. The summed E-state index contributed by atoms with van der Waals surface area (Å²) in [5.74, 6) is 0.475. The highest BCUT2D eigenvalue weighted by Gasteiger charge is 2.27. The summed E-state index contributed by atoms with van der Waals surface area (Å²) >= 11 is 0. The molecule has 112 valence electrons. The second kappa shape index (κ2) is 5.83. The summed E-state index contributed by atoms with van der Waals surface area (Å²) in [5, 5.41) is 0. The fraction of sp³-hybridized carbons (Fsp3) is 0.400. The zero-order valence-electron chi connectivity index (χ0n) is 11.8. The first-order chi connectivity index (χ1) is 10.2. The maximum Gasteiger partial charge on any atom is 0.147 e. The standard InChI is InChI=1S/C15H18FN3O2/c1-20-11-2-3-12(16)13(6-11)19-9-18-7-14(19)15(17)10-4-5-21-8-10/h2-3,6-7,9-10,15H,4-5,8,17H2,1H3. The number of nitrogens with two attached hydrogens (primary N) is 1. The highest BCUT2D eigenvalue weighted by molar-refractivity contribution is 5.42. The number of aromatic nitrogens is 2. The van der Waals surface area contributed by atoms with Gasteiger partial charge in [0.25, 0.3) is 0 Å². The van der Waals surface area contributed by atoms with Gasteiger partial charge in [-0.3, -0.25) is 4.57 Å². The van der Waals surface area contributed by atoms with Gasteiger partial charge in [0.05, 0.1) is 43.7 Å². The van der Waals surface area contributed by atoms with Crippen LogP contribution in [0.1, 0.15) is 18.2 Å². The van der Waals surface area contributed by atoms with E-state index in [2.05, 4.69) is 4.98 Å². The molecule has 1 saturated heterocycles. The zero-order chi connectivity index (χ0) is 14.8. The van der Waals surface area contributed by atoms with E-state index in [1.54, 1.807) is 36.3 Å². The molecule has 1 aromatic heterocycles. The summed E-state index contributed by atoms with van der Waals surface area (Å²) in [5.41, 5.74) is 7.47. The Morgan fingerprint density at radius 3 is 3.10 bits per heavy atom. The second-order valence-corrected chi connectivity index (χ2v) is 5.16. The van der Waals surface area contributed by atoms with E-state index in [-0.39, 0.29) is 17.8 Å². The Bertz CT molecular complexity index is 623. The molecule has 5 nitrogen and oxygen atoms in total. The van der Waals surface area contributed by atoms with Crippen LogP contribution in [0.25, 0.3) is 5.69 Å². The smallest absolute Gasteiger partial charge is 0.147 e. The van der Waals surface area contributed by atoms with Gasteiger partial charge in [-0.1, -0.05) is 0 Å². The molecule has 6 heteroatoms. The Balaban J connectivity index is 1.98. The number of ether oxygens (including phenoxy) is 2. The Morgan fingerprint density at radius 2 is 2.38 bits per heavy atom. The van der Waals surface area contributed by atoms with Crippen LogP contribution < -0.4 is 10.5 Å². The lowest BCUT2D eigenvalue weighted by Crippen LogP contribution is -2.24. The van der Waals surface area contributed by atoms with Gasteiger partial charge in [-0.2, -0.15) is 0 Å². The lowest BCUT2D eigenvalue weighted by molar-refractivity contribution is 0.180. The largest absolute Gasteiger partial charge is 0.497 e. The van der Waals surface area contributed by atoms with E-state index in [9.17, 15) is 4.39 Å². The average Bonchev–Trinajstić information content (AvgIpc) is 3.18. The molecule has 2 N–H and O–H groups in total. The third-order valence-electron chi connectivity index (χ3n) is 3.89. The molecule has 3 rings (SSSR count). The molecule has 2 heterocycles. The summed E-state index contributed by atoms with van der Waals surface area (Å²) in [6.07, 6.45) is 4.16. The van der Waals surface area contributed by atoms with Gasteiger partial charge in [0.2, 0.25) is 0 Å². The van der Waals surface area contributed by atoms with Crippen molar-refractivity contribution in [2.45, 2.75) is 12.5 Å². The number of halogens is 1. The van der Waals surface area contributed by atoms with Crippen LogP contribution in [-0.2, 0) is 4.74 Å². The molecular formula is C15H18FN3O2. The zero-order valence-corrected chi connectivity index (χ0v) is 11.8. The molecule has 1 aliphatic rings. The number of rotatable bonds is 4. The predicted molar refractivity (Wildman–Crippen MR) is 75.9 cm³/mol. The lowest BCUT2D eigenvalue weighted by atomic mass is 9.97. The van der Waals surface area contributed by atoms with Gasteiger partial charge in [0.1, 0.15) is 11.6 Å². The van der Waals surface area contributed by atoms with Crippen LogP contribution >= 0.6 is 0 Å². The van der Waals surface area contributed by atoms with Crippen molar-refractivity contribution in [1.82, 2.24) is 9.55 Å². The van der Waals surface area contributed by atoms with Crippen LogP contribution in [0, 0.1) is 11.7 Å². The number of benzene rings is 1. The Morgan fingerprint density at radius 1 is 1.52 bits per heavy atom. The SMILES string of the molecule is COc1ccc(F)c(-n2cncc2C(N)C2CCOC2)c1. The number of hydrogen-bond donors (Lipinski definition) is 1. The van der Waals surface area contributed by atoms with Crippen LogP contribution in [0.2, 0.25) is 0 Å². The van der Waals surface area contributed by atoms with Gasteiger partial charge in [-0.05, 0) is 18.6 Å². The minimum absolute atomic E-state index is 0.231. The third-order valence-corrected chi connectivity index (χ3v) is 3.89. The summed E-state index contributed by atoms with van der Waals surface area (Å²) in [6.45, 7) is 1.35. The molecule has 0 spiro atoms. The number of hydrogen-bond acceptors (Lipinski definition) is 4. The third kappa shape index (κ3) is 2.64. The minimum Gasteiger partial charge on any atom is -0.497 e. The Hall–Kier alpha value is -1.92.